The van der Waals surface area contributed by atoms with E-state index in [0.717, 1.165) is 44.8 Å². The van der Waals surface area contributed by atoms with E-state index in [1.165, 1.54) is 17.5 Å². The van der Waals surface area contributed by atoms with Crippen LogP contribution in [0.15, 0.2) is 18.3 Å². The molecule has 154 valence electrons. The maximum Gasteiger partial charge on any atom is 0.250 e. The second-order valence-electron chi connectivity index (χ2n) is 7.29. The molecule has 2 N–H and O–H groups in total. The van der Waals surface area contributed by atoms with E-state index in [1.54, 1.807) is 17.9 Å². The summed E-state index contributed by atoms with van der Waals surface area (Å²) in [5.41, 5.74) is 5.68. The lowest BCUT2D eigenvalue weighted by Gasteiger charge is -2.35. The smallest absolute Gasteiger partial charge is 0.250 e. The molecule has 0 spiro atoms. The Morgan fingerprint density at radius 1 is 1.28 bits per heavy atom. The zero-order valence-electron chi connectivity index (χ0n) is 16.2. The normalized spacial score (nSPS) is 17.3. The highest BCUT2D eigenvalue weighted by atomic mass is 32.1. The molecule has 0 radical (unpaired) electrons. The summed E-state index contributed by atoms with van der Waals surface area (Å²) in [4.78, 5) is 33.7. The standard InChI is InChI=1S/C18H23N7O2S2/c1-12(26)25(14-3-4-14)17-21-24(18(28)29-17)11-22-6-8-23(9-7-22)15-5-2-13(10-20-15)16(19)27/h2,5,10,14H,3-4,6-9,11H2,1H3,(H2,19,27). The van der Waals surface area contributed by atoms with Gasteiger partial charge in [-0.15, -0.1) is 5.10 Å². The summed E-state index contributed by atoms with van der Waals surface area (Å²) in [5, 5.41) is 5.31. The van der Waals surface area contributed by atoms with Crippen molar-refractivity contribution in [3.05, 3.63) is 27.8 Å². The van der Waals surface area contributed by atoms with Gasteiger partial charge in [0.25, 0.3) is 0 Å². The van der Waals surface area contributed by atoms with Crippen molar-refractivity contribution < 1.29 is 9.59 Å². The van der Waals surface area contributed by atoms with Crippen LogP contribution in [0, 0.1) is 3.95 Å². The number of hydrogen-bond acceptors (Lipinski definition) is 8. The van der Waals surface area contributed by atoms with Crippen LogP contribution in [0.2, 0.25) is 0 Å². The molecule has 2 aromatic heterocycles. The van der Waals surface area contributed by atoms with E-state index in [1.807, 2.05) is 10.7 Å². The van der Waals surface area contributed by atoms with Crippen LogP contribution >= 0.6 is 23.6 Å². The number of aromatic nitrogens is 3. The summed E-state index contributed by atoms with van der Waals surface area (Å²) in [6, 6.07) is 3.80. The van der Waals surface area contributed by atoms with Gasteiger partial charge < -0.3 is 10.6 Å². The Kier molecular flexibility index (Phi) is 5.61. The number of carbonyl (C=O) groups excluding carboxylic acids is 2. The van der Waals surface area contributed by atoms with Crippen molar-refractivity contribution in [1.29, 1.82) is 0 Å². The number of pyridine rings is 1. The number of piperazine rings is 1. The van der Waals surface area contributed by atoms with E-state index in [4.69, 9.17) is 18.0 Å². The summed E-state index contributed by atoms with van der Waals surface area (Å²) in [7, 11) is 0. The van der Waals surface area contributed by atoms with Crippen LogP contribution in [0.3, 0.4) is 0 Å². The predicted octanol–water partition coefficient (Wildman–Crippen LogP) is 1.46. The van der Waals surface area contributed by atoms with E-state index < -0.39 is 5.91 Å². The number of nitrogens with zero attached hydrogens (tertiary/aromatic N) is 6. The van der Waals surface area contributed by atoms with Gasteiger partial charge >= 0.3 is 0 Å². The molecule has 0 unspecified atom stereocenters. The maximum absolute atomic E-state index is 12.0. The number of hydrogen-bond donors (Lipinski definition) is 1. The fourth-order valence-corrected chi connectivity index (χ4v) is 4.59. The molecule has 2 fully saturated rings. The van der Waals surface area contributed by atoms with Crippen molar-refractivity contribution in [2.24, 2.45) is 5.73 Å². The largest absolute Gasteiger partial charge is 0.366 e. The molecule has 2 amide bonds. The number of carbonyl (C=O) groups is 2. The van der Waals surface area contributed by atoms with Gasteiger partial charge in [-0.05, 0) is 37.2 Å². The van der Waals surface area contributed by atoms with Crippen molar-refractivity contribution in [3.63, 3.8) is 0 Å². The molecule has 2 aliphatic rings. The first kappa shape index (κ1) is 19.9. The second-order valence-corrected chi connectivity index (χ2v) is 8.89. The van der Waals surface area contributed by atoms with E-state index in [9.17, 15) is 9.59 Å². The number of amides is 2. The summed E-state index contributed by atoms with van der Waals surface area (Å²) < 4.78 is 2.49. The summed E-state index contributed by atoms with van der Waals surface area (Å²) in [6.07, 6.45) is 3.57. The lowest BCUT2D eigenvalue weighted by atomic mass is 10.2. The van der Waals surface area contributed by atoms with Crippen molar-refractivity contribution in [1.82, 2.24) is 19.7 Å². The van der Waals surface area contributed by atoms with Crippen molar-refractivity contribution in [3.8, 4) is 0 Å². The topological polar surface area (TPSA) is 101 Å². The molecule has 0 atom stereocenters. The van der Waals surface area contributed by atoms with Gasteiger partial charge in [-0.3, -0.25) is 19.4 Å². The third-order valence-electron chi connectivity index (χ3n) is 5.12. The van der Waals surface area contributed by atoms with Gasteiger partial charge in [0, 0.05) is 45.3 Å². The van der Waals surface area contributed by atoms with Crippen LogP contribution in [0.25, 0.3) is 0 Å². The minimum absolute atomic E-state index is 0.0202. The van der Waals surface area contributed by atoms with Crippen LogP contribution in [-0.2, 0) is 11.5 Å². The Labute approximate surface area is 177 Å². The van der Waals surface area contributed by atoms with Gasteiger partial charge in [-0.1, -0.05) is 11.3 Å². The molecule has 2 aromatic rings. The molecule has 9 nitrogen and oxygen atoms in total. The molecule has 3 heterocycles. The van der Waals surface area contributed by atoms with Crippen LogP contribution in [0.4, 0.5) is 10.9 Å². The lowest BCUT2D eigenvalue weighted by Crippen LogP contribution is -2.47. The van der Waals surface area contributed by atoms with E-state index in [0.29, 0.717) is 21.3 Å². The Balaban J connectivity index is 1.37. The number of anilines is 2. The predicted molar refractivity (Wildman–Crippen MR) is 114 cm³/mol. The number of nitrogens with two attached hydrogens (primary N) is 1. The minimum Gasteiger partial charge on any atom is -0.366 e. The molecule has 11 heteroatoms. The Morgan fingerprint density at radius 3 is 2.55 bits per heavy atom. The highest BCUT2D eigenvalue weighted by Gasteiger charge is 2.34. The second kappa shape index (κ2) is 8.17. The monoisotopic (exact) mass is 433 g/mol. The molecule has 1 aliphatic heterocycles. The van der Waals surface area contributed by atoms with Gasteiger partial charge in [-0.25, -0.2) is 9.67 Å². The fourth-order valence-electron chi connectivity index (χ4n) is 3.39. The van der Waals surface area contributed by atoms with Gasteiger partial charge in [0.1, 0.15) is 5.82 Å². The van der Waals surface area contributed by atoms with Gasteiger partial charge in [0.15, 0.2) is 3.95 Å². The molecule has 0 aromatic carbocycles. The van der Waals surface area contributed by atoms with Crippen molar-refractivity contribution in [2.75, 3.05) is 36.0 Å². The molecule has 1 aliphatic carbocycles. The van der Waals surface area contributed by atoms with Crippen LogP contribution < -0.4 is 15.5 Å². The fraction of sp³-hybridized carbons (Fsp3) is 0.500. The molecular formula is C18H23N7O2S2. The SMILES string of the molecule is CC(=O)N(c1nn(CN2CCN(c3ccc(C(N)=O)cn3)CC2)c(=S)s1)C1CC1. The zero-order valence-corrected chi connectivity index (χ0v) is 17.8. The van der Waals surface area contributed by atoms with Crippen molar-refractivity contribution >= 4 is 46.3 Å². The molecule has 29 heavy (non-hydrogen) atoms. The quantitative estimate of drug-likeness (QED) is 0.689. The molecule has 1 saturated heterocycles. The first-order chi connectivity index (χ1) is 13.9. The van der Waals surface area contributed by atoms with Gasteiger partial charge in [-0.2, -0.15) is 0 Å². The van der Waals surface area contributed by atoms with E-state index >= 15 is 0 Å². The molecular weight excluding hydrogens is 410 g/mol. The van der Waals surface area contributed by atoms with Crippen LogP contribution in [-0.4, -0.2) is 63.7 Å². The summed E-state index contributed by atoms with van der Waals surface area (Å²) in [5.74, 6) is 0.383. The highest BCUT2D eigenvalue weighted by molar-refractivity contribution is 7.73. The summed E-state index contributed by atoms with van der Waals surface area (Å²) >= 11 is 6.88. The third-order valence-corrected chi connectivity index (χ3v) is 6.42. The Morgan fingerprint density at radius 2 is 2.00 bits per heavy atom. The van der Waals surface area contributed by atoms with Crippen LogP contribution in [0.1, 0.15) is 30.1 Å². The third kappa shape index (κ3) is 4.46. The first-order valence-corrected chi connectivity index (χ1v) is 10.8. The first-order valence-electron chi connectivity index (χ1n) is 9.53. The van der Waals surface area contributed by atoms with Gasteiger partial charge in [0.05, 0.1) is 12.2 Å². The maximum atomic E-state index is 12.0. The highest BCUT2D eigenvalue weighted by Crippen LogP contribution is 2.33. The molecule has 0 bridgehead atoms. The summed E-state index contributed by atoms with van der Waals surface area (Å²) in [6.45, 7) is 5.49. The van der Waals surface area contributed by atoms with Gasteiger partial charge in [0.2, 0.25) is 16.9 Å². The Bertz CT molecular complexity index is 959. The minimum atomic E-state index is -0.474. The van der Waals surface area contributed by atoms with Crippen molar-refractivity contribution in [2.45, 2.75) is 32.5 Å². The average Bonchev–Trinajstić information content (AvgIpc) is 3.46. The number of primary amides is 1. The van der Waals surface area contributed by atoms with Crippen LogP contribution in [0.5, 0.6) is 0 Å². The lowest BCUT2D eigenvalue weighted by molar-refractivity contribution is -0.116. The zero-order chi connectivity index (χ0) is 20.5. The van der Waals surface area contributed by atoms with E-state index in [-0.39, 0.29) is 11.9 Å². The van der Waals surface area contributed by atoms with E-state index in [2.05, 4.69) is 19.9 Å². The Hall–Kier alpha value is -2.37. The average molecular weight is 434 g/mol. The molecule has 1 saturated carbocycles. The number of rotatable bonds is 6. The molecule has 4 rings (SSSR count).